The molecule has 1 unspecified atom stereocenters. The summed E-state index contributed by atoms with van der Waals surface area (Å²) in [6, 6.07) is 10.5. The van der Waals surface area contributed by atoms with Gasteiger partial charge in [0.05, 0.1) is 12.6 Å². The Morgan fingerprint density at radius 1 is 1.18 bits per heavy atom. The van der Waals surface area contributed by atoms with Gasteiger partial charge in [-0.1, -0.05) is 30.3 Å². The van der Waals surface area contributed by atoms with E-state index >= 15 is 0 Å². The van der Waals surface area contributed by atoms with E-state index in [1.165, 1.54) is 23.3 Å². The van der Waals surface area contributed by atoms with Crippen LogP contribution in [0.4, 0.5) is 4.79 Å². The molecule has 0 radical (unpaired) electrons. The third-order valence-electron chi connectivity index (χ3n) is 5.02. The topological polar surface area (TPSA) is 89.1 Å². The fourth-order valence-corrected chi connectivity index (χ4v) is 3.57. The quantitative estimate of drug-likeness (QED) is 0.226. The van der Waals surface area contributed by atoms with Gasteiger partial charge in [-0.15, -0.1) is 24.0 Å². The molecule has 2 heterocycles. The van der Waals surface area contributed by atoms with Gasteiger partial charge in [0.15, 0.2) is 5.96 Å². The van der Waals surface area contributed by atoms with Crippen LogP contribution in [-0.4, -0.2) is 74.0 Å². The van der Waals surface area contributed by atoms with E-state index < -0.39 is 0 Å². The number of carbonyl (C=O) groups is 2. The highest BCUT2D eigenvalue weighted by Crippen LogP contribution is 2.24. The standard InChI is InChI=1S/C19H28N6O2.HI/c1-20-18(21-9-12-25-17(26)14-23-19(25)27)22-13-16(24-10-5-6-11-24)15-7-3-2-4-8-15;/h2-4,7-8,16H,5-6,9-14H2,1H3,(H,23,27)(H2,20,21,22);1H. The van der Waals surface area contributed by atoms with Crippen molar-refractivity contribution in [3.63, 3.8) is 0 Å². The molecule has 0 aliphatic carbocycles. The normalized spacial score (nSPS) is 18.6. The van der Waals surface area contributed by atoms with Crippen LogP contribution in [-0.2, 0) is 4.79 Å². The monoisotopic (exact) mass is 500 g/mol. The fourth-order valence-electron chi connectivity index (χ4n) is 3.57. The summed E-state index contributed by atoms with van der Waals surface area (Å²) in [4.78, 5) is 31.2. The van der Waals surface area contributed by atoms with Crippen molar-refractivity contribution >= 4 is 41.9 Å². The summed E-state index contributed by atoms with van der Waals surface area (Å²) in [5, 5.41) is 9.09. The van der Waals surface area contributed by atoms with Crippen LogP contribution in [0.3, 0.4) is 0 Å². The first-order valence-corrected chi connectivity index (χ1v) is 9.50. The molecule has 2 saturated heterocycles. The van der Waals surface area contributed by atoms with E-state index in [1.807, 2.05) is 6.07 Å². The number of rotatable bonds is 7. The second-order valence-corrected chi connectivity index (χ2v) is 6.75. The number of carbonyl (C=O) groups excluding carboxylic acids is 2. The Morgan fingerprint density at radius 3 is 2.50 bits per heavy atom. The number of aliphatic imine (C=N–C) groups is 1. The molecular formula is C19H29IN6O2. The van der Waals surface area contributed by atoms with E-state index in [0.717, 1.165) is 19.6 Å². The second kappa shape index (κ2) is 11.2. The van der Waals surface area contributed by atoms with Crippen LogP contribution in [0.15, 0.2) is 35.3 Å². The summed E-state index contributed by atoms with van der Waals surface area (Å²) in [7, 11) is 1.72. The van der Waals surface area contributed by atoms with Crippen molar-refractivity contribution < 1.29 is 9.59 Å². The zero-order valence-corrected chi connectivity index (χ0v) is 18.5. The molecule has 1 aromatic rings. The number of likely N-dealkylation sites (tertiary alicyclic amines) is 1. The maximum Gasteiger partial charge on any atom is 0.324 e. The van der Waals surface area contributed by atoms with E-state index in [9.17, 15) is 9.59 Å². The van der Waals surface area contributed by atoms with Gasteiger partial charge < -0.3 is 16.0 Å². The summed E-state index contributed by atoms with van der Waals surface area (Å²) in [5.74, 6) is 0.477. The highest BCUT2D eigenvalue weighted by molar-refractivity contribution is 14.0. The Morgan fingerprint density at radius 2 is 1.89 bits per heavy atom. The highest BCUT2D eigenvalue weighted by atomic mass is 127. The number of amides is 3. The zero-order chi connectivity index (χ0) is 19.1. The molecule has 154 valence electrons. The van der Waals surface area contributed by atoms with E-state index in [-0.39, 0.29) is 48.5 Å². The maximum atomic E-state index is 11.6. The van der Waals surface area contributed by atoms with E-state index in [4.69, 9.17) is 0 Å². The van der Waals surface area contributed by atoms with Crippen molar-refractivity contribution in [2.45, 2.75) is 18.9 Å². The molecule has 2 fully saturated rings. The van der Waals surface area contributed by atoms with E-state index in [1.54, 1.807) is 7.05 Å². The number of halogens is 1. The third kappa shape index (κ3) is 5.81. The van der Waals surface area contributed by atoms with Gasteiger partial charge in [0, 0.05) is 26.7 Å². The number of imide groups is 1. The number of nitrogens with one attached hydrogen (secondary N) is 3. The second-order valence-electron chi connectivity index (χ2n) is 6.75. The van der Waals surface area contributed by atoms with Gasteiger partial charge in [-0.2, -0.15) is 0 Å². The van der Waals surface area contributed by atoms with Crippen molar-refractivity contribution in [2.24, 2.45) is 4.99 Å². The van der Waals surface area contributed by atoms with Gasteiger partial charge in [-0.3, -0.25) is 19.6 Å². The summed E-state index contributed by atoms with van der Waals surface area (Å²) < 4.78 is 0. The molecule has 0 spiro atoms. The first-order chi connectivity index (χ1) is 13.2. The smallest absolute Gasteiger partial charge is 0.324 e. The van der Waals surface area contributed by atoms with Crippen LogP contribution >= 0.6 is 24.0 Å². The molecule has 0 saturated carbocycles. The molecular weight excluding hydrogens is 471 g/mol. The number of benzene rings is 1. The predicted molar refractivity (Wildman–Crippen MR) is 120 cm³/mol. The minimum atomic E-state index is -0.331. The van der Waals surface area contributed by atoms with Crippen molar-refractivity contribution in [3.05, 3.63) is 35.9 Å². The lowest BCUT2D eigenvalue weighted by Crippen LogP contribution is -2.45. The lowest BCUT2D eigenvalue weighted by atomic mass is 10.1. The summed E-state index contributed by atoms with van der Waals surface area (Å²) in [6.07, 6.45) is 2.48. The Bertz CT molecular complexity index is 662. The lowest BCUT2D eigenvalue weighted by Gasteiger charge is -2.29. The highest BCUT2D eigenvalue weighted by Gasteiger charge is 2.28. The zero-order valence-electron chi connectivity index (χ0n) is 16.2. The molecule has 8 nitrogen and oxygen atoms in total. The largest absolute Gasteiger partial charge is 0.355 e. The molecule has 2 aliphatic heterocycles. The van der Waals surface area contributed by atoms with Crippen molar-refractivity contribution in [3.8, 4) is 0 Å². The molecule has 0 bridgehead atoms. The summed E-state index contributed by atoms with van der Waals surface area (Å²) >= 11 is 0. The van der Waals surface area contributed by atoms with Crippen LogP contribution in [0.5, 0.6) is 0 Å². The van der Waals surface area contributed by atoms with Crippen molar-refractivity contribution in [1.29, 1.82) is 0 Å². The maximum absolute atomic E-state index is 11.6. The number of nitrogens with zero attached hydrogens (tertiary/aromatic N) is 3. The Balaban J connectivity index is 0.00000280. The average molecular weight is 500 g/mol. The van der Waals surface area contributed by atoms with E-state index in [0.29, 0.717) is 19.0 Å². The van der Waals surface area contributed by atoms with Gasteiger partial charge in [-0.25, -0.2) is 4.79 Å². The van der Waals surface area contributed by atoms with Crippen LogP contribution in [0.1, 0.15) is 24.4 Å². The molecule has 9 heteroatoms. The predicted octanol–water partition coefficient (Wildman–Crippen LogP) is 1.16. The molecule has 3 amide bonds. The molecule has 2 aliphatic rings. The fraction of sp³-hybridized carbons (Fsp3) is 0.526. The van der Waals surface area contributed by atoms with Crippen LogP contribution in [0.2, 0.25) is 0 Å². The Labute approximate surface area is 183 Å². The molecule has 0 aromatic heterocycles. The number of guanidine groups is 1. The Hall–Kier alpha value is -1.88. The van der Waals surface area contributed by atoms with E-state index in [2.05, 4.69) is 50.1 Å². The van der Waals surface area contributed by atoms with Crippen LogP contribution < -0.4 is 16.0 Å². The van der Waals surface area contributed by atoms with Gasteiger partial charge in [0.2, 0.25) is 5.91 Å². The van der Waals surface area contributed by atoms with Crippen molar-refractivity contribution in [2.75, 3.05) is 46.3 Å². The first-order valence-electron chi connectivity index (χ1n) is 9.50. The summed E-state index contributed by atoms with van der Waals surface area (Å²) in [6.45, 7) is 3.82. The minimum Gasteiger partial charge on any atom is -0.355 e. The van der Waals surface area contributed by atoms with Gasteiger partial charge >= 0.3 is 6.03 Å². The number of hydrogen-bond donors (Lipinski definition) is 3. The van der Waals surface area contributed by atoms with Gasteiger partial charge in [0.25, 0.3) is 0 Å². The molecule has 3 rings (SSSR count). The van der Waals surface area contributed by atoms with Crippen molar-refractivity contribution in [1.82, 2.24) is 25.8 Å². The third-order valence-corrected chi connectivity index (χ3v) is 5.02. The Kier molecular flexibility index (Phi) is 8.97. The number of urea groups is 1. The SMILES string of the molecule is CN=C(NCCN1C(=O)CNC1=O)NCC(c1ccccc1)N1CCCC1.I. The molecule has 3 N–H and O–H groups in total. The van der Waals surface area contributed by atoms with Gasteiger partial charge in [0.1, 0.15) is 0 Å². The molecule has 28 heavy (non-hydrogen) atoms. The van der Waals surface area contributed by atoms with Gasteiger partial charge in [-0.05, 0) is 31.5 Å². The number of hydrogen-bond acceptors (Lipinski definition) is 4. The molecule has 1 atom stereocenters. The summed E-state index contributed by atoms with van der Waals surface area (Å²) in [5.41, 5.74) is 1.29. The van der Waals surface area contributed by atoms with Crippen LogP contribution in [0.25, 0.3) is 0 Å². The molecule has 1 aromatic carbocycles. The van der Waals surface area contributed by atoms with Crippen LogP contribution in [0, 0.1) is 0 Å². The average Bonchev–Trinajstić information content (AvgIpc) is 3.33. The first kappa shape index (κ1) is 22.4. The lowest BCUT2D eigenvalue weighted by molar-refractivity contribution is -0.124. The minimum absolute atomic E-state index is 0.